The van der Waals surface area contributed by atoms with Gasteiger partial charge in [0.1, 0.15) is 0 Å². The molecule has 0 fully saturated rings. The van der Waals surface area contributed by atoms with E-state index in [0.717, 1.165) is 17.1 Å². The van der Waals surface area contributed by atoms with Gasteiger partial charge in [0.15, 0.2) is 5.76 Å². The van der Waals surface area contributed by atoms with Crippen LogP contribution in [0.2, 0.25) is 0 Å². The molecule has 2 heterocycles. The van der Waals surface area contributed by atoms with Crippen LogP contribution in [0.1, 0.15) is 24.0 Å². The highest BCUT2D eigenvalue weighted by atomic mass is 32.2. The highest BCUT2D eigenvalue weighted by Gasteiger charge is 2.18. The molecule has 7 heteroatoms. The summed E-state index contributed by atoms with van der Waals surface area (Å²) >= 11 is 3.09. The molecule has 0 bridgehead atoms. The van der Waals surface area contributed by atoms with Gasteiger partial charge in [0, 0.05) is 5.56 Å². The van der Waals surface area contributed by atoms with Crippen molar-refractivity contribution in [1.29, 1.82) is 0 Å². The van der Waals surface area contributed by atoms with Crippen molar-refractivity contribution in [2.75, 3.05) is 6.26 Å². The van der Waals surface area contributed by atoms with Crippen molar-refractivity contribution in [3.63, 3.8) is 0 Å². The first-order chi connectivity index (χ1) is 10.8. The van der Waals surface area contributed by atoms with Crippen molar-refractivity contribution in [3.05, 3.63) is 48.3 Å². The van der Waals surface area contributed by atoms with Crippen LogP contribution in [0.4, 0.5) is 0 Å². The highest BCUT2D eigenvalue weighted by Crippen LogP contribution is 2.35. The van der Waals surface area contributed by atoms with E-state index in [4.69, 9.17) is 8.83 Å². The monoisotopic (exact) mass is 333 g/mol. The van der Waals surface area contributed by atoms with Crippen LogP contribution in [0, 0.1) is 0 Å². The van der Waals surface area contributed by atoms with Crippen LogP contribution < -0.4 is 0 Å². The van der Waals surface area contributed by atoms with Crippen molar-refractivity contribution >= 4 is 23.5 Å². The van der Waals surface area contributed by atoms with Gasteiger partial charge in [-0.15, -0.1) is 10.2 Å². The summed E-state index contributed by atoms with van der Waals surface area (Å²) in [6.45, 7) is 2.00. The van der Waals surface area contributed by atoms with Gasteiger partial charge in [0.2, 0.25) is 11.8 Å². The van der Waals surface area contributed by atoms with Crippen LogP contribution in [-0.2, 0) is 5.75 Å². The first kappa shape index (κ1) is 15.2. The molecule has 0 spiro atoms. The fourth-order valence-corrected chi connectivity index (χ4v) is 2.99. The molecule has 22 heavy (non-hydrogen) atoms. The third-order valence-electron chi connectivity index (χ3n) is 2.92. The third kappa shape index (κ3) is 3.53. The Morgan fingerprint density at radius 3 is 2.73 bits per heavy atom. The quantitative estimate of drug-likeness (QED) is 0.618. The molecule has 0 aliphatic rings. The first-order valence-corrected chi connectivity index (χ1v) is 9.02. The lowest BCUT2D eigenvalue weighted by atomic mass is 10.2. The topological polar surface area (TPSA) is 65.0 Å². The summed E-state index contributed by atoms with van der Waals surface area (Å²) in [6.07, 6.45) is 3.74. The highest BCUT2D eigenvalue weighted by molar-refractivity contribution is 7.99. The lowest BCUT2D eigenvalue weighted by Gasteiger charge is -2.02. The second-order valence-electron chi connectivity index (χ2n) is 4.58. The maximum absolute atomic E-state index is 5.83. The van der Waals surface area contributed by atoms with Crippen LogP contribution in [0.5, 0.6) is 0 Å². The summed E-state index contributed by atoms with van der Waals surface area (Å²) in [5.41, 5.74) is 1.01. The summed E-state index contributed by atoms with van der Waals surface area (Å²) in [5, 5.41) is 8.56. The minimum atomic E-state index is 0.0000387. The van der Waals surface area contributed by atoms with E-state index in [2.05, 4.69) is 15.2 Å². The number of nitrogens with zero attached hydrogens (tertiary/aromatic N) is 3. The molecule has 0 saturated carbocycles. The second kappa shape index (κ2) is 7.02. The molecular weight excluding hydrogens is 318 g/mol. The molecule has 1 atom stereocenters. The Morgan fingerprint density at radius 2 is 1.95 bits per heavy atom. The van der Waals surface area contributed by atoms with Gasteiger partial charge in [0.25, 0.3) is 5.22 Å². The Labute approximate surface area is 136 Å². The van der Waals surface area contributed by atoms with Crippen LogP contribution in [0.15, 0.2) is 50.6 Å². The molecule has 0 radical (unpaired) electrons. The molecule has 5 nitrogen and oxygen atoms in total. The number of oxazole rings is 1. The van der Waals surface area contributed by atoms with E-state index in [-0.39, 0.29) is 5.25 Å². The number of aromatic nitrogens is 3. The Morgan fingerprint density at radius 1 is 1.14 bits per heavy atom. The van der Waals surface area contributed by atoms with Gasteiger partial charge in [0.05, 0.1) is 17.2 Å². The average molecular weight is 333 g/mol. The standard InChI is InChI=1S/C15H15N3O2S2/c1-10(22-15-18-17-13(20-15)9-21-2)14-16-8-12(19-14)11-6-4-3-5-7-11/h3-8,10H,9H2,1-2H3/t10-/m1/s1. The molecule has 0 saturated heterocycles. The van der Waals surface area contributed by atoms with E-state index in [1.54, 1.807) is 18.0 Å². The lowest BCUT2D eigenvalue weighted by Crippen LogP contribution is -1.87. The smallest absolute Gasteiger partial charge is 0.277 e. The fraction of sp³-hybridized carbons (Fsp3) is 0.267. The van der Waals surface area contributed by atoms with Gasteiger partial charge in [-0.3, -0.25) is 0 Å². The molecule has 0 aliphatic heterocycles. The predicted molar refractivity (Wildman–Crippen MR) is 87.7 cm³/mol. The van der Waals surface area contributed by atoms with E-state index in [1.165, 1.54) is 11.8 Å². The minimum Gasteiger partial charge on any atom is -0.440 e. The second-order valence-corrected chi connectivity index (χ2v) is 6.74. The number of hydrogen-bond acceptors (Lipinski definition) is 7. The van der Waals surface area contributed by atoms with Gasteiger partial charge < -0.3 is 8.83 Å². The molecule has 0 amide bonds. The molecular formula is C15H15N3O2S2. The summed E-state index contributed by atoms with van der Waals surface area (Å²) in [5.74, 6) is 2.77. The maximum atomic E-state index is 5.83. The Bertz CT molecular complexity index is 727. The molecule has 0 unspecified atom stereocenters. The van der Waals surface area contributed by atoms with E-state index in [0.29, 0.717) is 17.0 Å². The number of rotatable bonds is 6. The largest absolute Gasteiger partial charge is 0.440 e. The zero-order chi connectivity index (χ0) is 15.4. The number of hydrogen-bond donors (Lipinski definition) is 0. The Balaban J connectivity index is 1.70. The summed E-state index contributed by atoms with van der Waals surface area (Å²) in [7, 11) is 0. The maximum Gasteiger partial charge on any atom is 0.277 e. The number of thioether (sulfide) groups is 2. The minimum absolute atomic E-state index is 0.0000387. The molecule has 0 N–H and O–H groups in total. The van der Waals surface area contributed by atoms with Crippen molar-refractivity contribution in [3.8, 4) is 11.3 Å². The van der Waals surface area contributed by atoms with Crippen LogP contribution in [0.3, 0.4) is 0 Å². The van der Waals surface area contributed by atoms with Crippen LogP contribution in [-0.4, -0.2) is 21.4 Å². The van der Waals surface area contributed by atoms with Gasteiger partial charge in [-0.2, -0.15) is 11.8 Å². The van der Waals surface area contributed by atoms with E-state index < -0.39 is 0 Å². The molecule has 0 aliphatic carbocycles. The molecule has 1 aromatic carbocycles. The van der Waals surface area contributed by atoms with Crippen molar-refractivity contribution < 1.29 is 8.83 Å². The van der Waals surface area contributed by atoms with Crippen LogP contribution in [0.25, 0.3) is 11.3 Å². The zero-order valence-corrected chi connectivity index (χ0v) is 13.9. The summed E-state index contributed by atoms with van der Waals surface area (Å²) in [6, 6.07) is 9.91. The molecule has 3 rings (SSSR count). The van der Waals surface area contributed by atoms with Gasteiger partial charge in [-0.25, -0.2) is 4.98 Å². The predicted octanol–water partition coefficient (Wildman–Crippen LogP) is 4.44. The van der Waals surface area contributed by atoms with Gasteiger partial charge >= 0.3 is 0 Å². The van der Waals surface area contributed by atoms with Gasteiger partial charge in [-0.1, -0.05) is 42.1 Å². The van der Waals surface area contributed by atoms with Gasteiger partial charge in [-0.05, 0) is 13.2 Å². The zero-order valence-electron chi connectivity index (χ0n) is 12.2. The summed E-state index contributed by atoms with van der Waals surface area (Å²) in [4.78, 5) is 4.35. The molecule has 2 aromatic heterocycles. The van der Waals surface area contributed by atoms with Crippen molar-refractivity contribution in [2.24, 2.45) is 0 Å². The first-order valence-electron chi connectivity index (χ1n) is 6.75. The lowest BCUT2D eigenvalue weighted by molar-refractivity contribution is 0.424. The average Bonchev–Trinajstić information content (AvgIpc) is 3.18. The Hall–Kier alpha value is -1.73. The van der Waals surface area contributed by atoms with E-state index >= 15 is 0 Å². The van der Waals surface area contributed by atoms with Crippen molar-refractivity contribution in [2.45, 2.75) is 23.1 Å². The van der Waals surface area contributed by atoms with E-state index in [1.807, 2.05) is 43.5 Å². The van der Waals surface area contributed by atoms with Crippen molar-refractivity contribution in [1.82, 2.24) is 15.2 Å². The molecule has 114 valence electrons. The van der Waals surface area contributed by atoms with Crippen LogP contribution >= 0.6 is 23.5 Å². The normalized spacial score (nSPS) is 12.5. The summed E-state index contributed by atoms with van der Waals surface area (Å²) < 4.78 is 11.4. The fourth-order valence-electron chi connectivity index (χ4n) is 1.88. The SMILES string of the molecule is CSCc1nnc(S[C@H](C)c2ncc(-c3ccccc3)o2)o1. The Kier molecular flexibility index (Phi) is 4.84. The third-order valence-corrected chi connectivity index (χ3v) is 4.38. The van der Waals surface area contributed by atoms with E-state index in [9.17, 15) is 0 Å². The molecule has 3 aromatic rings. The number of benzene rings is 1.